The van der Waals surface area contributed by atoms with Crippen molar-refractivity contribution in [1.82, 2.24) is 0 Å². The Balaban J connectivity index is 2.74. The number of fused-ring (bicyclic) bond motifs is 1. The van der Waals surface area contributed by atoms with Crippen LogP contribution in [0.3, 0.4) is 0 Å². The zero-order valence-electron chi connectivity index (χ0n) is 10.7. The van der Waals surface area contributed by atoms with Gasteiger partial charge in [0.1, 0.15) is 0 Å². The summed E-state index contributed by atoms with van der Waals surface area (Å²) in [5.74, 6) is -0.396. The van der Waals surface area contributed by atoms with Crippen LogP contribution in [-0.4, -0.2) is 47.8 Å². The van der Waals surface area contributed by atoms with E-state index in [4.69, 9.17) is 14.2 Å². The molecular formula is C13H12O5Se. The number of carbonyl (C=O) groups excluding carboxylic acids is 2. The van der Waals surface area contributed by atoms with Gasteiger partial charge >= 0.3 is 115 Å². The maximum absolute atomic E-state index is 11.9. The van der Waals surface area contributed by atoms with Crippen molar-refractivity contribution >= 4 is 36.1 Å². The minimum absolute atomic E-state index is 0.266. The fraction of sp³-hybridized carbons (Fsp3) is 0.231. The molecule has 6 heteroatoms. The SMILES string of the molecule is COC(=O)c1[se]c2ccc(OC)cc2c1C(=O)OC. The maximum atomic E-state index is 11.9. The minimum atomic E-state index is -0.533. The molecule has 0 saturated carbocycles. The third-order valence-corrected chi connectivity index (χ3v) is 5.07. The van der Waals surface area contributed by atoms with Crippen molar-refractivity contribution < 1.29 is 23.8 Å². The molecule has 0 aliphatic rings. The van der Waals surface area contributed by atoms with Crippen LogP contribution in [0.5, 0.6) is 5.75 Å². The first-order valence-electron chi connectivity index (χ1n) is 5.39. The van der Waals surface area contributed by atoms with Crippen LogP contribution in [0, 0.1) is 0 Å². The van der Waals surface area contributed by atoms with E-state index in [1.807, 2.05) is 6.07 Å². The molecule has 2 rings (SSSR count). The normalized spacial score (nSPS) is 10.3. The summed E-state index contributed by atoms with van der Waals surface area (Å²) in [6, 6.07) is 5.39. The molecule has 0 bridgehead atoms. The van der Waals surface area contributed by atoms with E-state index < -0.39 is 11.9 Å². The first-order chi connectivity index (χ1) is 9.12. The Labute approximate surface area is 115 Å². The number of hydrogen-bond acceptors (Lipinski definition) is 5. The van der Waals surface area contributed by atoms with Gasteiger partial charge in [-0.25, -0.2) is 0 Å². The van der Waals surface area contributed by atoms with Crippen LogP contribution in [0.2, 0.25) is 0 Å². The third-order valence-electron chi connectivity index (χ3n) is 2.66. The zero-order valence-corrected chi connectivity index (χ0v) is 12.4. The van der Waals surface area contributed by atoms with Gasteiger partial charge in [0.05, 0.1) is 0 Å². The molecule has 0 amide bonds. The summed E-state index contributed by atoms with van der Waals surface area (Å²) in [6.07, 6.45) is 0. The van der Waals surface area contributed by atoms with Gasteiger partial charge in [-0.2, -0.15) is 0 Å². The number of hydrogen-bond donors (Lipinski definition) is 0. The predicted octanol–water partition coefficient (Wildman–Crippen LogP) is 1.48. The van der Waals surface area contributed by atoms with E-state index in [2.05, 4.69) is 0 Å². The number of carbonyl (C=O) groups is 2. The van der Waals surface area contributed by atoms with Crippen molar-refractivity contribution in [3.05, 3.63) is 28.2 Å². The molecule has 5 nitrogen and oxygen atoms in total. The third kappa shape index (κ3) is 2.37. The summed E-state index contributed by atoms with van der Waals surface area (Å²) in [6.45, 7) is 0. The molecule has 0 fully saturated rings. The van der Waals surface area contributed by atoms with Crippen molar-refractivity contribution in [2.45, 2.75) is 0 Å². The van der Waals surface area contributed by atoms with Crippen LogP contribution in [0.4, 0.5) is 0 Å². The van der Waals surface area contributed by atoms with Crippen LogP contribution in [0.25, 0.3) is 9.65 Å². The van der Waals surface area contributed by atoms with Gasteiger partial charge in [0.15, 0.2) is 0 Å². The first-order valence-corrected chi connectivity index (χ1v) is 7.10. The molecule has 0 aliphatic heterocycles. The summed E-state index contributed by atoms with van der Waals surface area (Å²) in [7, 11) is 4.13. The second kappa shape index (κ2) is 5.46. The average molecular weight is 327 g/mol. The van der Waals surface area contributed by atoms with E-state index in [9.17, 15) is 9.59 Å². The number of ether oxygens (including phenoxy) is 3. The Bertz CT molecular complexity index is 644. The summed E-state index contributed by atoms with van der Waals surface area (Å²) in [4.78, 5) is 23.7. The number of esters is 2. The van der Waals surface area contributed by atoms with Crippen LogP contribution >= 0.6 is 0 Å². The number of benzene rings is 1. The number of rotatable bonds is 3. The molecule has 19 heavy (non-hydrogen) atoms. The molecule has 0 radical (unpaired) electrons. The Kier molecular flexibility index (Phi) is 3.93. The van der Waals surface area contributed by atoms with Gasteiger partial charge in [0, 0.05) is 0 Å². The predicted molar refractivity (Wildman–Crippen MR) is 70.1 cm³/mol. The quantitative estimate of drug-likeness (QED) is 0.631. The Hall–Kier alpha value is -1.78. The van der Waals surface area contributed by atoms with Crippen molar-refractivity contribution in [1.29, 1.82) is 0 Å². The van der Waals surface area contributed by atoms with Gasteiger partial charge in [-0.1, -0.05) is 0 Å². The summed E-state index contributed by atoms with van der Waals surface area (Å²) >= 11 is -0.266. The van der Waals surface area contributed by atoms with Gasteiger partial charge in [-0.3, -0.25) is 0 Å². The van der Waals surface area contributed by atoms with Gasteiger partial charge in [-0.15, -0.1) is 0 Å². The van der Waals surface area contributed by atoms with Crippen molar-refractivity contribution in [2.75, 3.05) is 21.3 Å². The molecule has 0 atom stereocenters. The van der Waals surface area contributed by atoms with Crippen LogP contribution in [0.15, 0.2) is 18.2 Å². The van der Waals surface area contributed by atoms with Gasteiger partial charge in [0.2, 0.25) is 0 Å². The molecule has 0 aliphatic carbocycles. The molecule has 0 N–H and O–H groups in total. The zero-order chi connectivity index (χ0) is 14.0. The fourth-order valence-corrected chi connectivity index (χ4v) is 4.03. The van der Waals surface area contributed by atoms with Crippen LogP contribution in [0.1, 0.15) is 19.6 Å². The summed E-state index contributed by atoms with van der Waals surface area (Å²) < 4.78 is 15.9. The van der Waals surface area contributed by atoms with E-state index in [1.54, 1.807) is 19.2 Å². The molecule has 0 unspecified atom stereocenters. The Morgan fingerprint density at radius 3 is 2.32 bits per heavy atom. The standard InChI is InChI=1S/C13H12O5Se/c1-16-7-4-5-9-8(6-7)10(12(14)17-2)11(19-9)13(15)18-3/h4-6H,1-3H3. The average Bonchev–Trinajstić information content (AvgIpc) is 2.83. The van der Waals surface area contributed by atoms with Crippen molar-refractivity contribution in [3.63, 3.8) is 0 Å². The van der Waals surface area contributed by atoms with Gasteiger partial charge < -0.3 is 0 Å². The van der Waals surface area contributed by atoms with Crippen LogP contribution < -0.4 is 4.74 Å². The monoisotopic (exact) mass is 328 g/mol. The topological polar surface area (TPSA) is 61.8 Å². The van der Waals surface area contributed by atoms with E-state index in [0.717, 1.165) is 4.26 Å². The Morgan fingerprint density at radius 1 is 1.05 bits per heavy atom. The first kappa shape index (κ1) is 13.6. The van der Waals surface area contributed by atoms with Gasteiger partial charge in [-0.05, 0) is 0 Å². The second-order valence-corrected chi connectivity index (χ2v) is 5.86. The fourth-order valence-electron chi connectivity index (χ4n) is 1.74. The van der Waals surface area contributed by atoms with Gasteiger partial charge in [0.25, 0.3) is 0 Å². The Morgan fingerprint density at radius 2 is 1.74 bits per heavy atom. The van der Waals surface area contributed by atoms with Crippen molar-refractivity contribution in [3.8, 4) is 5.75 Å². The van der Waals surface area contributed by atoms with E-state index in [1.165, 1.54) is 14.2 Å². The molecular weight excluding hydrogens is 315 g/mol. The molecule has 0 saturated heterocycles. The van der Waals surface area contributed by atoms with Crippen LogP contribution in [-0.2, 0) is 9.47 Å². The molecule has 0 spiro atoms. The molecule has 1 aromatic carbocycles. The van der Waals surface area contributed by atoms with Crippen molar-refractivity contribution in [2.24, 2.45) is 0 Å². The number of methoxy groups -OCH3 is 3. The molecule has 1 aromatic heterocycles. The molecule has 2 aromatic rings. The summed E-state index contributed by atoms with van der Waals surface area (Å²) in [5, 5.41) is 0.687. The summed E-state index contributed by atoms with van der Waals surface area (Å²) in [5.41, 5.74) is 0.281. The van der Waals surface area contributed by atoms with E-state index >= 15 is 0 Å². The molecule has 1 heterocycles. The molecule has 100 valence electrons. The second-order valence-electron chi connectivity index (χ2n) is 3.65. The van der Waals surface area contributed by atoms with E-state index in [0.29, 0.717) is 15.6 Å². The van der Waals surface area contributed by atoms with E-state index in [-0.39, 0.29) is 20.1 Å².